The lowest BCUT2D eigenvalue weighted by molar-refractivity contribution is -0.117. The number of carbonyl (C=O) groups excluding carboxylic acids is 1. The maximum absolute atomic E-state index is 12.1. The van der Waals surface area contributed by atoms with Crippen LogP contribution in [0.15, 0.2) is 50.3 Å². The molecule has 3 heterocycles. The number of H-pyrrole nitrogens is 1. The summed E-state index contributed by atoms with van der Waals surface area (Å²) in [7, 11) is 0. The molecular weight excluding hydrogens is 276 g/mol. The number of rotatable bonds is 3. The number of thioether (sulfide) groups is 1. The number of pyridine rings is 1. The van der Waals surface area contributed by atoms with Gasteiger partial charge < -0.3 is 15.2 Å². The van der Waals surface area contributed by atoms with Crippen molar-refractivity contribution in [1.82, 2.24) is 15.2 Å². The summed E-state index contributed by atoms with van der Waals surface area (Å²) in [6.07, 6.45) is 7.02. The summed E-state index contributed by atoms with van der Waals surface area (Å²) < 4.78 is 0. The molecule has 2 aliphatic rings. The second-order valence-electron chi connectivity index (χ2n) is 4.29. The summed E-state index contributed by atoms with van der Waals surface area (Å²) in [5, 5.41) is 3.83. The van der Waals surface area contributed by atoms with Gasteiger partial charge in [-0.3, -0.25) is 14.6 Å². The molecule has 0 aromatic carbocycles. The minimum atomic E-state index is -0.155. The third kappa shape index (κ3) is 2.67. The van der Waals surface area contributed by atoms with E-state index in [0.29, 0.717) is 18.1 Å². The summed E-state index contributed by atoms with van der Waals surface area (Å²) in [5.41, 5.74) is 0.694. The Balaban J connectivity index is 1.60. The van der Waals surface area contributed by atoms with Gasteiger partial charge in [-0.25, -0.2) is 0 Å². The van der Waals surface area contributed by atoms with Crippen LogP contribution in [0.1, 0.15) is 5.56 Å². The van der Waals surface area contributed by atoms with Gasteiger partial charge in [-0.15, -0.1) is 0 Å². The number of aliphatic imine (C=N–C) groups is 1. The molecular formula is C13H12N4O2S. The van der Waals surface area contributed by atoms with Crippen LogP contribution in [-0.2, 0) is 11.3 Å². The van der Waals surface area contributed by atoms with E-state index in [1.165, 1.54) is 17.8 Å². The molecule has 2 N–H and O–H groups in total. The predicted octanol–water partition coefficient (Wildman–Crippen LogP) is 0.765. The van der Waals surface area contributed by atoms with Gasteiger partial charge in [0, 0.05) is 31.2 Å². The van der Waals surface area contributed by atoms with Crippen molar-refractivity contribution >= 4 is 23.9 Å². The van der Waals surface area contributed by atoms with E-state index in [2.05, 4.69) is 15.3 Å². The number of aromatic amines is 1. The number of nitrogens with one attached hydrogen (secondary N) is 2. The molecule has 1 amide bonds. The Bertz CT molecular complexity index is 669. The molecule has 0 saturated heterocycles. The van der Waals surface area contributed by atoms with Gasteiger partial charge in [0.25, 0.3) is 5.91 Å². The maximum atomic E-state index is 12.1. The highest BCUT2D eigenvalue weighted by Crippen LogP contribution is 2.36. The number of allylic oxidation sites excluding steroid dienone is 1. The first-order chi connectivity index (χ1) is 9.72. The van der Waals surface area contributed by atoms with E-state index in [9.17, 15) is 9.59 Å². The molecule has 0 fully saturated rings. The average Bonchev–Trinajstić information content (AvgIpc) is 2.90. The Labute approximate surface area is 119 Å². The summed E-state index contributed by atoms with van der Waals surface area (Å²) in [6, 6.07) is 3.13. The fraction of sp³-hybridized carbons (Fsp3) is 0.154. The van der Waals surface area contributed by atoms with Crippen molar-refractivity contribution in [3.8, 4) is 0 Å². The van der Waals surface area contributed by atoms with Crippen molar-refractivity contribution in [2.45, 2.75) is 6.54 Å². The predicted molar refractivity (Wildman–Crippen MR) is 77.9 cm³/mol. The van der Waals surface area contributed by atoms with Crippen molar-refractivity contribution in [3.05, 3.63) is 56.5 Å². The molecule has 1 aromatic rings. The summed E-state index contributed by atoms with van der Waals surface area (Å²) >= 11 is 1.43. The molecule has 0 radical (unpaired) electrons. The van der Waals surface area contributed by atoms with Gasteiger partial charge in [-0.2, -0.15) is 0 Å². The number of fused-ring (bicyclic) bond motifs is 1. The van der Waals surface area contributed by atoms with Crippen molar-refractivity contribution in [2.75, 3.05) is 6.67 Å². The topological polar surface area (TPSA) is 77.6 Å². The molecule has 2 aliphatic heterocycles. The number of nitrogens with zero attached hydrogens (tertiary/aromatic N) is 2. The van der Waals surface area contributed by atoms with Gasteiger partial charge in [0.2, 0.25) is 5.56 Å². The fourth-order valence-electron chi connectivity index (χ4n) is 1.82. The van der Waals surface area contributed by atoms with Crippen LogP contribution in [0.3, 0.4) is 0 Å². The zero-order chi connectivity index (χ0) is 13.9. The minimum Gasteiger partial charge on any atom is -0.347 e. The zero-order valence-corrected chi connectivity index (χ0v) is 11.3. The largest absolute Gasteiger partial charge is 0.347 e. The highest BCUT2D eigenvalue weighted by molar-refractivity contribution is 8.07. The molecule has 102 valence electrons. The van der Waals surface area contributed by atoms with Gasteiger partial charge >= 0.3 is 0 Å². The number of hydrogen-bond acceptors (Lipinski definition) is 5. The Kier molecular flexibility index (Phi) is 3.42. The third-order valence-corrected chi connectivity index (χ3v) is 3.94. The normalized spacial score (nSPS) is 16.5. The Morgan fingerprint density at radius 3 is 3.15 bits per heavy atom. The summed E-state index contributed by atoms with van der Waals surface area (Å²) in [5.74, 6) is -0.128. The monoisotopic (exact) mass is 288 g/mol. The lowest BCUT2D eigenvalue weighted by Crippen LogP contribution is -2.23. The van der Waals surface area contributed by atoms with E-state index < -0.39 is 0 Å². The van der Waals surface area contributed by atoms with Crippen LogP contribution in [-0.4, -0.2) is 28.7 Å². The molecule has 0 atom stereocenters. The molecule has 0 unspecified atom stereocenters. The van der Waals surface area contributed by atoms with Gasteiger partial charge in [-0.05, 0) is 11.6 Å². The molecule has 3 rings (SSSR count). The quantitative estimate of drug-likeness (QED) is 0.861. The van der Waals surface area contributed by atoms with Crippen LogP contribution in [0.2, 0.25) is 0 Å². The van der Waals surface area contributed by atoms with Gasteiger partial charge in [0.15, 0.2) is 0 Å². The third-order valence-electron chi connectivity index (χ3n) is 2.85. The molecule has 7 heteroatoms. The van der Waals surface area contributed by atoms with Crippen molar-refractivity contribution in [1.29, 1.82) is 0 Å². The number of aromatic nitrogens is 1. The Hall–Kier alpha value is -2.28. The number of carbonyl (C=O) groups is 1. The number of amides is 1. The summed E-state index contributed by atoms with van der Waals surface area (Å²) in [4.78, 5) is 32.3. The first-order valence-electron chi connectivity index (χ1n) is 6.04. The van der Waals surface area contributed by atoms with E-state index >= 15 is 0 Å². The van der Waals surface area contributed by atoms with Crippen LogP contribution in [0.4, 0.5) is 0 Å². The molecule has 6 nitrogen and oxygen atoms in total. The molecule has 0 aliphatic carbocycles. The first-order valence-corrected chi connectivity index (χ1v) is 6.86. The Morgan fingerprint density at radius 2 is 2.40 bits per heavy atom. The van der Waals surface area contributed by atoms with Crippen LogP contribution in [0, 0.1) is 0 Å². The lowest BCUT2D eigenvalue weighted by Gasteiger charge is -2.15. The Morgan fingerprint density at radius 1 is 1.50 bits per heavy atom. The van der Waals surface area contributed by atoms with E-state index in [0.717, 1.165) is 10.6 Å². The molecule has 0 spiro atoms. The van der Waals surface area contributed by atoms with Crippen LogP contribution < -0.4 is 10.9 Å². The molecule has 1 aromatic heterocycles. The molecule has 0 bridgehead atoms. The standard InChI is InChI=1S/C13H12N4O2S/c18-11-2-1-9(5-15-11)6-16-13(19)10-7-17-8-14-4-3-12(17)20-10/h1-5,7H,6,8H2,(H,15,18)(H,16,19). The van der Waals surface area contributed by atoms with Crippen LogP contribution in [0.5, 0.6) is 0 Å². The fourth-order valence-corrected chi connectivity index (χ4v) is 2.75. The van der Waals surface area contributed by atoms with Gasteiger partial charge in [0.1, 0.15) is 6.67 Å². The van der Waals surface area contributed by atoms with E-state index in [1.807, 2.05) is 11.0 Å². The van der Waals surface area contributed by atoms with Gasteiger partial charge in [-0.1, -0.05) is 17.8 Å². The summed E-state index contributed by atoms with van der Waals surface area (Å²) in [6.45, 7) is 0.929. The maximum Gasteiger partial charge on any atom is 0.259 e. The minimum absolute atomic E-state index is 0.128. The SMILES string of the molecule is O=C(NCc1ccc(=O)[nH]c1)C1=CN2CN=CC=C2S1. The second kappa shape index (κ2) is 5.38. The molecule has 20 heavy (non-hydrogen) atoms. The van der Waals surface area contributed by atoms with E-state index in [1.54, 1.807) is 24.7 Å². The van der Waals surface area contributed by atoms with Crippen LogP contribution >= 0.6 is 11.8 Å². The van der Waals surface area contributed by atoms with Crippen LogP contribution in [0.25, 0.3) is 0 Å². The first kappa shape index (κ1) is 12.7. The second-order valence-corrected chi connectivity index (χ2v) is 5.35. The lowest BCUT2D eigenvalue weighted by atomic mass is 10.3. The van der Waals surface area contributed by atoms with Gasteiger partial charge in [0.05, 0.1) is 9.93 Å². The number of hydrogen-bond donors (Lipinski definition) is 2. The van der Waals surface area contributed by atoms with E-state index in [-0.39, 0.29) is 11.5 Å². The van der Waals surface area contributed by atoms with E-state index in [4.69, 9.17) is 0 Å². The van der Waals surface area contributed by atoms with Crippen molar-refractivity contribution in [3.63, 3.8) is 0 Å². The van der Waals surface area contributed by atoms with Crippen molar-refractivity contribution < 1.29 is 4.79 Å². The highest BCUT2D eigenvalue weighted by Gasteiger charge is 2.24. The average molecular weight is 288 g/mol. The molecule has 0 saturated carbocycles. The highest BCUT2D eigenvalue weighted by atomic mass is 32.2. The van der Waals surface area contributed by atoms with Crippen molar-refractivity contribution in [2.24, 2.45) is 4.99 Å². The zero-order valence-electron chi connectivity index (χ0n) is 10.5. The smallest absolute Gasteiger partial charge is 0.259 e.